The molecule has 0 amide bonds. The van der Waals surface area contributed by atoms with Crippen molar-refractivity contribution in [2.45, 2.75) is 46.5 Å². The summed E-state index contributed by atoms with van der Waals surface area (Å²) < 4.78 is 0. The smallest absolute Gasteiger partial charge is 0.0403 e. The Bertz CT molecular complexity index is 292. The van der Waals surface area contributed by atoms with Crippen LogP contribution >= 0.6 is 0 Å². The van der Waals surface area contributed by atoms with Crippen molar-refractivity contribution in [2.75, 3.05) is 13.1 Å². The highest BCUT2D eigenvalue weighted by molar-refractivity contribution is 5.13. The fraction of sp³-hybridized carbons (Fsp3) is 0.667. The van der Waals surface area contributed by atoms with Crippen molar-refractivity contribution >= 4 is 0 Å². The molecule has 0 aliphatic carbocycles. The van der Waals surface area contributed by atoms with Crippen LogP contribution in [0.1, 0.15) is 44.9 Å². The van der Waals surface area contributed by atoms with E-state index in [0.29, 0.717) is 0 Å². The van der Waals surface area contributed by atoms with Gasteiger partial charge in [0.05, 0.1) is 0 Å². The van der Waals surface area contributed by atoms with E-state index in [1.165, 1.54) is 24.1 Å². The lowest BCUT2D eigenvalue weighted by molar-refractivity contribution is 0.479. The van der Waals surface area contributed by atoms with E-state index in [4.69, 9.17) is 0 Å². The molecule has 96 valence electrons. The van der Waals surface area contributed by atoms with Crippen molar-refractivity contribution < 1.29 is 0 Å². The predicted octanol–water partition coefficient (Wildman–Crippen LogP) is 3.21. The lowest BCUT2D eigenvalue weighted by Crippen LogP contribution is -2.22. The summed E-state index contributed by atoms with van der Waals surface area (Å²) in [6, 6.07) is 4.37. The van der Waals surface area contributed by atoms with Gasteiger partial charge < -0.3 is 5.32 Å². The van der Waals surface area contributed by atoms with E-state index in [1.54, 1.807) is 0 Å². The number of nitrogens with one attached hydrogen (secondary N) is 1. The number of hydrogen-bond donors (Lipinski definition) is 1. The van der Waals surface area contributed by atoms with Crippen LogP contribution in [0.3, 0.4) is 0 Å². The van der Waals surface area contributed by atoms with Crippen LogP contribution < -0.4 is 5.32 Å². The Morgan fingerprint density at radius 1 is 1.29 bits per heavy atom. The summed E-state index contributed by atoms with van der Waals surface area (Å²) in [5, 5.41) is 3.47. The average molecular weight is 234 g/mol. The maximum atomic E-state index is 4.50. The number of aromatic nitrogens is 1. The number of pyridine rings is 1. The van der Waals surface area contributed by atoms with Gasteiger partial charge in [0, 0.05) is 11.9 Å². The van der Waals surface area contributed by atoms with Crippen LogP contribution in [0.25, 0.3) is 0 Å². The molecule has 1 unspecified atom stereocenters. The van der Waals surface area contributed by atoms with Crippen LogP contribution in [-0.4, -0.2) is 18.1 Å². The molecular formula is C15H26N2. The topological polar surface area (TPSA) is 24.9 Å². The predicted molar refractivity (Wildman–Crippen MR) is 74.3 cm³/mol. The van der Waals surface area contributed by atoms with E-state index in [9.17, 15) is 0 Å². The molecule has 0 aliphatic heterocycles. The molecule has 1 atom stereocenters. The van der Waals surface area contributed by atoms with Gasteiger partial charge in [0.25, 0.3) is 0 Å². The van der Waals surface area contributed by atoms with Crippen LogP contribution in [0.15, 0.2) is 18.3 Å². The van der Waals surface area contributed by atoms with Gasteiger partial charge in [0.1, 0.15) is 0 Å². The van der Waals surface area contributed by atoms with Gasteiger partial charge >= 0.3 is 0 Å². The van der Waals surface area contributed by atoms with E-state index in [2.05, 4.69) is 43.2 Å². The molecule has 2 heteroatoms. The summed E-state index contributed by atoms with van der Waals surface area (Å²) in [7, 11) is 0. The first-order chi connectivity index (χ1) is 8.26. The van der Waals surface area contributed by atoms with Gasteiger partial charge in [-0.05, 0) is 56.3 Å². The average Bonchev–Trinajstić information content (AvgIpc) is 2.37. The Kier molecular flexibility index (Phi) is 6.87. The second kappa shape index (κ2) is 8.24. The standard InChI is InChI=1S/C15H26N2/c1-4-10-16-11-13(3)6-8-15-9-7-14(5-2)12-17-15/h7,9,12-13,16H,4-6,8,10-11H2,1-3H3. The van der Waals surface area contributed by atoms with E-state index >= 15 is 0 Å². The quantitative estimate of drug-likeness (QED) is 0.699. The highest BCUT2D eigenvalue weighted by atomic mass is 14.8. The third kappa shape index (κ3) is 5.83. The van der Waals surface area contributed by atoms with E-state index < -0.39 is 0 Å². The molecular weight excluding hydrogens is 208 g/mol. The Morgan fingerprint density at radius 2 is 2.12 bits per heavy atom. The highest BCUT2D eigenvalue weighted by Gasteiger charge is 2.03. The molecule has 0 fully saturated rings. The second-order valence-electron chi connectivity index (χ2n) is 4.86. The van der Waals surface area contributed by atoms with Crippen LogP contribution in [-0.2, 0) is 12.8 Å². The first-order valence-corrected chi connectivity index (χ1v) is 6.90. The molecule has 0 radical (unpaired) electrons. The van der Waals surface area contributed by atoms with E-state index in [-0.39, 0.29) is 0 Å². The Labute approximate surface area is 106 Å². The molecule has 17 heavy (non-hydrogen) atoms. The molecule has 0 bridgehead atoms. The van der Waals surface area contributed by atoms with Gasteiger partial charge in [-0.25, -0.2) is 0 Å². The Morgan fingerprint density at radius 3 is 2.71 bits per heavy atom. The minimum absolute atomic E-state index is 0.731. The molecule has 1 N–H and O–H groups in total. The largest absolute Gasteiger partial charge is 0.316 e. The molecule has 1 aromatic rings. The maximum absolute atomic E-state index is 4.50. The molecule has 2 nitrogen and oxygen atoms in total. The zero-order valence-corrected chi connectivity index (χ0v) is 11.5. The SMILES string of the molecule is CCCNCC(C)CCc1ccc(CC)cn1. The van der Waals surface area contributed by atoms with Crippen LogP contribution in [0.4, 0.5) is 0 Å². The Balaban J connectivity index is 2.24. The van der Waals surface area contributed by atoms with Crippen LogP contribution in [0.2, 0.25) is 0 Å². The molecule has 0 saturated carbocycles. The van der Waals surface area contributed by atoms with Crippen molar-refractivity contribution in [1.82, 2.24) is 10.3 Å². The molecule has 1 rings (SSSR count). The Hall–Kier alpha value is -0.890. The fourth-order valence-corrected chi connectivity index (χ4v) is 1.83. The summed E-state index contributed by atoms with van der Waals surface area (Å²) in [6.07, 6.45) is 6.61. The molecule has 0 saturated heterocycles. The summed E-state index contributed by atoms with van der Waals surface area (Å²) >= 11 is 0. The maximum Gasteiger partial charge on any atom is 0.0403 e. The molecule has 1 aromatic heterocycles. The van der Waals surface area contributed by atoms with Gasteiger partial charge in [0.2, 0.25) is 0 Å². The third-order valence-electron chi connectivity index (χ3n) is 3.11. The number of aryl methyl sites for hydroxylation is 2. The summed E-state index contributed by atoms with van der Waals surface area (Å²) in [5.41, 5.74) is 2.55. The second-order valence-corrected chi connectivity index (χ2v) is 4.86. The number of rotatable bonds is 8. The normalized spacial score (nSPS) is 12.6. The summed E-state index contributed by atoms with van der Waals surface area (Å²) in [5.74, 6) is 0.731. The van der Waals surface area contributed by atoms with Gasteiger partial charge in [0.15, 0.2) is 0 Å². The zero-order chi connectivity index (χ0) is 12.5. The van der Waals surface area contributed by atoms with Crippen molar-refractivity contribution in [2.24, 2.45) is 5.92 Å². The first kappa shape index (κ1) is 14.2. The number of nitrogens with zero attached hydrogens (tertiary/aromatic N) is 1. The van der Waals surface area contributed by atoms with Gasteiger partial charge in [-0.3, -0.25) is 4.98 Å². The van der Waals surface area contributed by atoms with Gasteiger partial charge in [-0.15, -0.1) is 0 Å². The van der Waals surface area contributed by atoms with Crippen LogP contribution in [0, 0.1) is 5.92 Å². The van der Waals surface area contributed by atoms with Crippen molar-refractivity contribution in [3.63, 3.8) is 0 Å². The van der Waals surface area contributed by atoms with Crippen molar-refractivity contribution in [3.8, 4) is 0 Å². The summed E-state index contributed by atoms with van der Waals surface area (Å²) in [4.78, 5) is 4.50. The van der Waals surface area contributed by atoms with E-state index in [1.807, 2.05) is 6.20 Å². The minimum Gasteiger partial charge on any atom is -0.316 e. The number of hydrogen-bond acceptors (Lipinski definition) is 2. The first-order valence-electron chi connectivity index (χ1n) is 6.90. The van der Waals surface area contributed by atoms with E-state index in [0.717, 1.165) is 31.8 Å². The molecule has 0 aromatic carbocycles. The lowest BCUT2D eigenvalue weighted by atomic mass is 10.0. The van der Waals surface area contributed by atoms with Gasteiger partial charge in [-0.2, -0.15) is 0 Å². The van der Waals surface area contributed by atoms with Gasteiger partial charge in [-0.1, -0.05) is 26.8 Å². The van der Waals surface area contributed by atoms with Crippen LogP contribution in [0.5, 0.6) is 0 Å². The highest BCUT2D eigenvalue weighted by Crippen LogP contribution is 2.08. The monoisotopic (exact) mass is 234 g/mol. The van der Waals surface area contributed by atoms with Crippen molar-refractivity contribution in [3.05, 3.63) is 29.6 Å². The lowest BCUT2D eigenvalue weighted by Gasteiger charge is -2.11. The summed E-state index contributed by atoms with van der Waals surface area (Å²) in [6.45, 7) is 8.94. The molecule has 0 aliphatic rings. The molecule has 0 spiro atoms. The molecule has 1 heterocycles. The van der Waals surface area contributed by atoms with Crippen molar-refractivity contribution in [1.29, 1.82) is 0 Å². The minimum atomic E-state index is 0.731. The fourth-order valence-electron chi connectivity index (χ4n) is 1.83. The zero-order valence-electron chi connectivity index (χ0n) is 11.5. The third-order valence-corrected chi connectivity index (χ3v) is 3.11.